The van der Waals surface area contributed by atoms with Gasteiger partial charge in [-0.15, -0.1) is 0 Å². The smallest absolute Gasteiger partial charge is 0.266 e. The van der Waals surface area contributed by atoms with Crippen molar-refractivity contribution in [1.82, 2.24) is 9.78 Å². The zero-order valence-electron chi connectivity index (χ0n) is 7.03. The molecule has 0 aliphatic carbocycles. The third-order valence-electron chi connectivity index (χ3n) is 1.53. The average Bonchev–Trinajstić information content (AvgIpc) is 2.03. The van der Waals surface area contributed by atoms with Crippen LogP contribution in [0.4, 0.5) is 0 Å². The summed E-state index contributed by atoms with van der Waals surface area (Å²) in [6, 6.07) is 1.59. The number of thiol groups is 1. The van der Waals surface area contributed by atoms with Gasteiger partial charge in [0.05, 0.1) is 6.20 Å². The second kappa shape index (κ2) is 4.30. The lowest BCUT2D eigenvalue weighted by Gasteiger charge is -2.01. The van der Waals surface area contributed by atoms with Crippen LogP contribution >= 0.6 is 12.6 Å². The fraction of sp³-hybridized carbons (Fsp3) is 0.500. The Balaban J connectivity index is 2.80. The minimum Gasteiger partial charge on any atom is -0.268 e. The number of nitrogens with zero attached hydrogens (tertiary/aromatic N) is 2. The summed E-state index contributed by atoms with van der Waals surface area (Å²) in [5.74, 6) is 0.780. The van der Waals surface area contributed by atoms with Crippen LogP contribution in [-0.4, -0.2) is 15.5 Å². The van der Waals surface area contributed by atoms with Gasteiger partial charge in [0.1, 0.15) is 0 Å². The van der Waals surface area contributed by atoms with E-state index in [1.54, 1.807) is 12.3 Å². The first-order valence-corrected chi connectivity index (χ1v) is 4.52. The van der Waals surface area contributed by atoms with Crippen molar-refractivity contribution in [2.45, 2.75) is 19.9 Å². The molecule has 0 spiro atoms. The van der Waals surface area contributed by atoms with E-state index in [4.69, 9.17) is 0 Å². The van der Waals surface area contributed by atoms with E-state index in [0.29, 0.717) is 6.54 Å². The summed E-state index contributed by atoms with van der Waals surface area (Å²) < 4.78 is 1.46. The zero-order valence-corrected chi connectivity index (χ0v) is 7.92. The van der Waals surface area contributed by atoms with Crippen LogP contribution < -0.4 is 5.56 Å². The van der Waals surface area contributed by atoms with Crippen LogP contribution in [0.15, 0.2) is 17.1 Å². The first-order chi connectivity index (χ1) is 5.74. The molecule has 0 unspecified atom stereocenters. The SMILES string of the molecule is Cc1cnn(CCCS)c(=O)c1. The molecular formula is C8H12N2OS. The van der Waals surface area contributed by atoms with Crippen molar-refractivity contribution in [3.8, 4) is 0 Å². The minimum atomic E-state index is -0.0308. The Morgan fingerprint density at radius 2 is 2.42 bits per heavy atom. The Bertz CT molecular complexity index is 308. The Morgan fingerprint density at radius 1 is 1.67 bits per heavy atom. The normalized spacial score (nSPS) is 10.2. The number of hydrogen-bond acceptors (Lipinski definition) is 3. The standard InChI is InChI=1S/C8H12N2OS/c1-7-5-8(11)10(9-6-7)3-2-4-12/h5-6,12H,2-4H2,1H3. The fourth-order valence-corrected chi connectivity index (χ4v) is 1.05. The lowest BCUT2D eigenvalue weighted by molar-refractivity contribution is 0.569. The molecule has 0 bridgehead atoms. The summed E-state index contributed by atoms with van der Waals surface area (Å²) in [5.41, 5.74) is 0.874. The predicted octanol–water partition coefficient (Wildman–Crippen LogP) is 0.872. The molecule has 1 aromatic heterocycles. The molecule has 12 heavy (non-hydrogen) atoms. The molecule has 0 saturated carbocycles. The molecule has 1 heterocycles. The van der Waals surface area contributed by atoms with Crippen molar-refractivity contribution < 1.29 is 0 Å². The van der Waals surface area contributed by atoms with E-state index in [1.165, 1.54) is 4.68 Å². The Kier molecular flexibility index (Phi) is 3.34. The van der Waals surface area contributed by atoms with E-state index in [0.717, 1.165) is 17.7 Å². The molecule has 4 heteroatoms. The summed E-state index contributed by atoms with van der Waals surface area (Å²) >= 11 is 4.06. The van der Waals surface area contributed by atoms with Gasteiger partial charge in [-0.25, -0.2) is 4.68 Å². The second-order valence-corrected chi connectivity index (χ2v) is 3.12. The van der Waals surface area contributed by atoms with Gasteiger partial charge < -0.3 is 0 Å². The maximum absolute atomic E-state index is 11.2. The third-order valence-corrected chi connectivity index (χ3v) is 1.85. The minimum absolute atomic E-state index is 0.0308. The summed E-state index contributed by atoms with van der Waals surface area (Å²) in [4.78, 5) is 11.2. The van der Waals surface area contributed by atoms with Crippen molar-refractivity contribution in [3.05, 3.63) is 28.2 Å². The summed E-state index contributed by atoms with van der Waals surface area (Å²) in [7, 11) is 0. The van der Waals surface area contributed by atoms with Crippen molar-refractivity contribution in [2.24, 2.45) is 0 Å². The highest BCUT2D eigenvalue weighted by Gasteiger charge is 1.95. The Morgan fingerprint density at radius 3 is 3.00 bits per heavy atom. The van der Waals surface area contributed by atoms with Crippen LogP contribution in [0.5, 0.6) is 0 Å². The van der Waals surface area contributed by atoms with Gasteiger partial charge in [-0.3, -0.25) is 4.79 Å². The molecule has 0 aliphatic heterocycles. The fourth-order valence-electron chi connectivity index (χ4n) is 0.913. The van der Waals surface area contributed by atoms with E-state index in [-0.39, 0.29) is 5.56 Å². The zero-order chi connectivity index (χ0) is 8.97. The average molecular weight is 184 g/mol. The third kappa shape index (κ3) is 2.37. The lowest BCUT2D eigenvalue weighted by Crippen LogP contribution is -2.22. The molecule has 0 N–H and O–H groups in total. The number of aryl methyl sites for hydroxylation is 2. The number of hydrogen-bond donors (Lipinski definition) is 1. The van der Waals surface area contributed by atoms with E-state index in [9.17, 15) is 4.79 Å². The van der Waals surface area contributed by atoms with Crippen molar-refractivity contribution in [3.63, 3.8) is 0 Å². The Hall–Kier alpha value is -0.770. The molecule has 0 fully saturated rings. The van der Waals surface area contributed by atoms with Crippen LogP contribution in [0.1, 0.15) is 12.0 Å². The molecule has 1 rings (SSSR count). The summed E-state index contributed by atoms with van der Waals surface area (Å²) in [6.45, 7) is 2.51. The first kappa shape index (κ1) is 9.32. The summed E-state index contributed by atoms with van der Waals surface area (Å²) in [6.07, 6.45) is 2.57. The van der Waals surface area contributed by atoms with Gasteiger partial charge in [0.25, 0.3) is 5.56 Å². The number of rotatable bonds is 3. The quantitative estimate of drug-likeness (QED) is 0.707. The van der Waals surface area contributed by atoms with Crippen LogP contribution in [0, 0.1) is 6.92 Å². The van der Waals surface area contributed by atoms with Crippen LogP contribution in [0.2, 0.25) is 0 Å². The maximum Gasteiger partial charge on any atom is 0.266 e. The first-order valence-electron chi connectivity index (χ1n) is 3.88. The molecule has 1 aromatic rings. The highest BCUT2D eigenvalue weighted by molar-refractivity contribution is 7.80. The summed E-state index contributed by atoms with van der Waals surface area (Å²) in [5, 5.41) is 3.99. The van der Waals surface area contributed by atoms with Crippen LogP contribution in [0.3, 0.4) is 0 Å². The van der Waals surface area contributed by atoms with Gasteiger partial charge in [0.2, 0.25) is 0 Å². The monoisotopic (exact) mass is 184 g/mol. The van der Waals surface area contributed by atoms with Crippen molar-refractivity contribution in [1.29, 1.82) is 0 Å². The van der Waals surface area contributed by atoms with Crippen LogP contribution in [-0.2, 0) is 6.54 Å². The van der Waals surface area contributed by atoms with E-state index < -0.39 is 0 Å². The van der Waals surface area contributed by atoms with Crippen molar-refractivity contribution >= 4 is 12.6 Å². The van der Waals surface area contributed by atoms with Gasteiger partial charge in [-0.1, -0.05) is 0 Å². The number of aromatic nitrogens is 2. The Labute approximate surface area is 76.8 Å². The predicted molar refractivity (Wildman–Crippen MR) is 51.7 cm³/mol. The molecule has 0 radical (unpaired) electrons. The lowest BCUT2D eigenvalue weighted by atomic mass is 10.3. The molecule has 0 atom stereocenters. The van der Waals surface area contributed by atoms with E-state index in [1.807, 2.05) is 6.92 Å². The maximum atomic E-state index is 11.2. The van der Waals surface area contributed by atoms with E-state index >= 15 is 0 Å². The van der Waals surface area contributed by atoms with Gasteiger partial charge in [0.15, 0.2) is 0 Å². The molecule has 0 amide bonds. The molecule has 3 nitrogen and oxygen atoms in total. The topological polar surface area (TPSA) is 34.9 Å². The molecular weight excluding hydrogens is 172 g/mol. The molecule has 66 valence electrons. The van der Waals surface area contributed by atoms with Crippen molar-refractivity contribution in [2.75, 3.05) is 5.75 Å². The van der Waals surface area contributed by atoms with Gasteiger partial charge in [-0.2, -0.15) is 17.7 Å². The highest BCUT2D eigenvalue weighted by atomic mass is 32.1. The molecule has 0 saturated heterocycles. The van der Waals surface area contributed by atoms with Gasteiger partial charge in [0, 0.05) is 12.6 Å². The van der Waals surface area contributed by atoms with Gasteiger partial charge in [-0.05, 0) is 24.7 Å². The highest BCUT2D eigenvalue weighted by Crippen LogP contribution is 1.89. The molecule has 0 aliphatic rings. The molecule has 0 aromatic carbocycles. The van der Waals surface area contributed by atoms with Gasteiger partial charge >= 0.3 is 0 Å². The largest absolute Gasteiger partial charge is 0.268 e. The van der Waals surface area contributed by atoms with Crippen LogP contribution in [0.25, 0.3) is 0 Å². The van der Waals surface area contributed by atoms with E-state index in [2.05, 4.69) is 17.7 Å². The second-order valence-electron chi connectivity index (χ2n) is 2.67.